The van der Waals surface area contributed by atoms with E-state index in [-0.39, 0.29) is 12.6 Å². The Labute approximate surface area is 139 Å². The third-order valence-electron chi connectivity index (χ3n) is 4.69. The fourth-order valence-electron chi connectivity index (χ4n) is 3.09. The van der Waals surface area contributed by atoms with Crippen LogP contribution >= 0.6 is 0 Å². The number of nitrogens with zero attached hydrogens (tertiary/aromatic N) is 2. The molecule has 0 bridgehead atoms. The Hall–Kier alpha value is -1.75. The molecular formula is C18H29N3O2. The first-order valence-electron chi connectivity index (χ1n) is 8.53. The van der Waals surface area contributed by atoms with Crippen LogP contribution in [0.4, 0.5) is 10.5 Å². The largest absolute Gasteiger partial charge is 0.395 e. The lowest BCUT2D eigenvalue weighted by Gasteiger charge is -2.33. The molecular weight excluding hydrogens is 290 g/mol. The number of aliphatic hydroxyl groups is 1. The highest BCUT2D eigenvalue weighted by Crippen LogP contribution is 2.26. The van der Waals surface area contributed by atoms with E-state index >= 15 is 0 Å². The van der Waals surface area contributed by atoms with Crippen LogP contribution < -0.4 is 10.2 Å². The second-order valence-corrected chi connectivity index (χ2v) is 6.37. The van der Waals surface area contributed by atoms with Crippen molar-refractivity contribution in [2.75, 3.05) is 32.1 Å². The maximum Gasteiger partial charge on any atom is 0.317 e. The standard InChI is InChI=1S/C18H29N3O2/c1-20(12-13-22)18(23)19-14-15-8-10-17(11-9-15)21(2)16-6-4-3-5-7-16/h8-11,16,22H,3-7,12-14H2,1-2H3,(H,19,23). The Kier molecular flexibility index (Phi) is 6.71. The molecule has 128 valence electrons. The number of urea groups is 1. The summed E-state index contributed by atoms with van der Waals surface area (Å²) in [5.74, 6) is 0. The highest BCUT2D eigenvalue weighted by atomic mass is 16.3. The van der Waals surface area contributed by atoms with Crippen molar-refractivity contribution in [1.29, 1.82) is 0 Å². The molecule has 0 unspecified atom stereocenters. The van der Waals surface area contributed by atoms with Crippen LogP contribution in [-0.4, -0.2) is 49.3 Å². The first kappa shape index (κ1) is 17.6. The zero-order valence-electron chi connectivity index (χ0n) is 14.3. The Morgan fingerprint density at radius 2 is 1.83 bits per heavy atom. The Balaban J connectivity index is 1.85. The molecule has 5 heteroatoms. The number of amides is 2. The molecule has 1 aliphatic carbocycles. The monoisotopic (exact) mass is 319 g/mol. The van der Waals surface area contributed by atoms with E-state index in [1.54, 1.807) is 7.05 Å². The molecule has 1 saturated carbocycles. The molecule has 23 heavy (non-hydrogen) atoms. The van der Waals surface area contributed by atoms with Gasteiger partial charge in [0.1, 0.15) is 0 Å². The van der Waals surface area contributed by atoms with E-state index in [9.17, 15) is 4.79 Å². The summed E-state index contributed by atoms with van der Waals surface area (Å²) in [6, 6.07) is 8.90. The second-order valence-electron chi connectivity index (χ2n) is 6.37. The Morgan fingerprint density at radius 1 is 1.17 bits per heavy atom. The molecule has 1 aromatic carbocycles. The third-order valence-corrected chi connectivity index (χ3v) is 4.69. The van der Waals surface area contributed by atoms with Crippen molar-refractivity contribution in [3.05, 3.63) is 29.8 Å². The normalized spacial score (nSPS) is 15.3. The minimum atomic E-state index is -0.164. The lowest BCUT2D eigenvalue weighted by Crippen LogP contribution is -2.38. The summed E-state index contributed by atoms with van der Waals surface area (Å²) in [4.78, 5) is 15.6. The number of hydrogen-bond donors (Lipinski definition) is 2. The molecule has 1 fully saturated rings. The zero-order valence-corrected chi connectivity index (χ0v) is 14.3. The van der Waals surface area contributed by atoms with Crippen molar-refractivity contribution in [2.45, 2.75) is 44.7 Å². The van der Waals surface area contributed by atoms with Gasteiger partial charge in [0, 0.05) is 38.9 Å². The highest BCUT2D eigenvalue weighted by Gasteiger charge is 2.18. The van der Waals surface area contributed by atoms with E-state index < -0.39 is 0 Å². The first-order valence-corrected chi connectivity index (χ1v) is 8.53. The maximum absolute atomic E-state index is 11.8. The first-order chi connectivity index (χ1) is 11.1. The quantitative estimate of drug-likeness (QED) is 0.847. The number of carbonyl (C=O) groups is 1. The molecule has 0 spiro atoms. The topological polar surface area (TPSA) is 55.8 Å². The molecule has 1 aromatic rings. The summed E-state index contributed by atoms with van der Waals surface area (Å²) in [6.45, 7) is 0.825. The number of nitrogens with one attached hydrogen (secondary N) is 1. The van der Waals surface area contributed by atoms with Gasteiger partial charge in [-0.15, -0.1) is 0 Å². The van der Waals surface area contributed by atoms with Crippen LogP contribution in [-0.2, 0) is 6.54 Å². The summed E-state index contributed by atoms with van der Waals surface area (Å²) in [5, 5.41) is 11.7. The molecule has 0 aromatic heterocycles. The van der Waals surface area contributed by atoms with Gasteiger partial charge in [0.25, 0.3) is 0 Å². The van der Waals surface area contributed by atoms with Crippen molar-refractivity contribution >= 4 is 11.7 Å². The predicted octanol–water partition coefficient (Wildman–Crippen LogP) is 2.59. The van der Waals surface area contributed by atoms with Crippen LogP contribution in [0, 0.1) is 0 Å². The Morgan fingerprint density at radius 3 is 2.43 bits per heavy atom. The van der Waals surface area contributed by atoms with Gasteiger partial charge in [-0.3, -0.25) is 0 Å². The van der Waals surface area contributed by atoms with E-state index in [0.717, 1.165) is 5.56 Å². The number of rotatable bonds is 6. The van der Waals surface area contributed by atoms with Crippen molar-refractivity contribution in [3.8, 4) is 0 Å². The number of hydrogen-bond acceptors (Lipinski definition) is 3. The van der Waals surface area contributed by atoms with Gasteiger partial charge >= 0.3 is 6.03 Å². The number of likely N-dealkylation sites (N-methyl/N-ethyl adjacent to an activating group) is 1. The van der Waals surface area contributed by atoms with Crippen LogP contribution in [0.2, 0.25) is 0 Å². The van der Waals surface area contributed by atoms with Crippen LogP contribution in [0.25, 0.3) is 0 Å². The van der Waals surface area contributed by atoms with Gasteiger partial charge in [0.15, 0.2) is 0 Å². The van der Waals surface area contributed by atoms with E-state index in [1.807, 2.05) is 0 Å². The lowest BCUT2D eigenvalue weighted by molar-refractivity contribution is 0.190. The van der Waals surface area contributed by atoms with E-state index in [1.165, 1.54) is 42.7 Å². The molecule has 0 saturated heterocycles. The van der Waals surface area contributed by atoms with Crippen molar-refractivity contribution in [1.82, 2.24) is 10.2 Å². The summed E-state index contributed by atoms with van der Waals surface area (Å²) in [5.41, 5.74) is 2.32. The summed E-state index contributed by atoms with van der Waals surface area (Å²) in [6.07, 6.45) is 6.60. The number of carbonyl (C=O) groups excluding carboxylic acids is 1. The van der Waals surface area contributed by atoms with E-state index in [0.29, 0.717) is 19.1 Å². The van der Waals surface area contributed by atoms with E-state index in [4.69, 9.17) is 5.11 Å². The highest BCUT2D eigenvalue weighted by molar-refractivity contribution is 5.73. The van der Waals surface area contributed by atoms with E-state index in [2.05, 4.69) is 41.5 Å². The molecule has 5 nitrogen and oxygen atoms in total. The van der Waals surface area contributed by atoms with Crippen molar-refractivity contribution < 1.29 is 9.90 Å². The molecule has 0 heterocycles. The molecule has 2 N–H and O–H groups in total. The zero-order chi connectivity index (χ0) is 16.7. The smallest absolute Gasteiger partial charge is 0.317 e. The van der Waals surface area contributed by atoms with Gasteiger partial charge in [-0.1, -0.05) is 31.4 Å². The number of anilines is 1. The SMILES string of the molecule is CN(CCO)C(=O)NCc1ccc(N(C)C2CCCCC2)cc1. The lowest BCUT2D eigenvalue weighted by atomic mass is 9.94. The fraction of sp³-hybridized carbons (Fsp3) is 0.611. The molecule has 0 aliphatic heterocycles. The molecule has 2 amide bonds. The van der Waals surface area contributed by atoms with Gasteiger partial charge in [-0.25, -0.2) is 4.79 Å². The van der Waals surface area contributed by atoms with Crippen molar-refractivity contribution in [3.63, 3.8) is 0 Å². The second kappa shape index (κ2) is 8.77. The number of aliphatic hydroxyl groups excluding tert-OH is 1. The average Bonchev–Trinajstić information content (AvgIpc) is 2.60. The van der Waals surface area contributed by atoms with Crippen LogP contribution in [0.5, 0.6) is 0 Å². The minimum absolute atomic E-state index is 0.0217. The Bertz CT molecular complexity index is 484. The summed E-state index contributed by atoms with van der Waals surface area (Å²) in [7, 11) is 3.85. The van der Waals surface area contributed by atoms with Crippen molar-refractivity contribution in [2.24, 2.45) is 0 Å². The average molecular weight is 319 g/mol. The maximum atomic E-state index is 11.8. The van der Waals surface area contributed by atoms with Crippen LogP contribution in [0.3, 0.4) is 0 Å². The van der Waals surface area contributed by atoms with Crippen LogP contribution in [0.15, 0.2) is 24.3 Å². The van der Waals surface area contributed by atoms with Gasteiger partial charge in [0.2, 0.25) is 0 Å². The number of benzene rings is 1. The van der Waals surface area contributed by atoms with Gasteiger partial charge in [0.05, 0.1) is 6.61 Å². The molecule has 2 rings (SSSR count). The minimum Gasteiger partial charge on any atom is -0.395 e. The predicted molar refractivity (Wildman–Crippen MR) is 93.7 cm³/mol. The van der Waals surface area contributed by atoms with Gasteiger partial charge in [-0.2, -0.15) is 0 Å². The fourth-order valence-corrected chi connectivity index (χ4v) is 3.09. The molecule has 0 atom stereocenters. The molecule has 1 aliphatic rings. The summed E-state index contributed by atoms with van der Waals surface area (Å²) >= 11 is 0. The summed E-state index contributed by atoms with van der Waals surface area (Å²) < 4.78 is 0. The molecule has 0 radical (unpaired) electrons. The van der Waals surface area contributed by atoms with Gasteiger partial charge < -0.3 is 20.2 Å². The van der Waals surface area contributed by atoms with Gasteiger partial charge in [-0.05, 0) is 30.5 Å². The van der Waals surface area contributed by atoms with Crippen LogP contribution in [0.1, 0.15) is 37.7 Å². The third kappa shape index (κ3) is 5.13.